The first-order valence-electron chi connectivity index (χ1n) is 6.00. The average Bonchev–Trinajstić information content (AvgIpc) is 3.08. The van der Waals surface area contributed by atoms with E-state index in [9.17, 15) is 0 Å². The molecule has 3 aromatic rings. The van der Waals surface area contributed by atoms with Gasteiger partial charge in [0.2, 0.25) is 0 Å². The molecule has 102 valence electrons. The Bertz CT molecular complexity index is 690. The van der Waals surface area contributed by atoms with Gasteiger partial charge in [-0.05, 0) is 46.3 Å². The van der Waals surface area contributed by atoms with Gasteiger partial charge < -0.3 is 5.32 Å². The Labute approximate surface area is 134 Å². The minimum atomic E-state index is 0.749. The van der Waals surface area contributed by atoms with Crippen LogP contribution in [0.1, 0.15) is 4.88 Å². The fourth-order valence-corrected chi connectivity index (χ4v) is 3.58. The first-order chi connectivity index (χ1) is 9.72. The van der Waals surface area contributed by atoms with Crippen LogP contribution in [-0.4, -0.2) is 9.78 Å². The minimum absolute atomic E-state index is 0.749. The second-order valence-corrected chi connectivity index (χ2v) is 6.78. The van der Waals surface area contributed by atoms with E-state index in [0.717, 1.165) is 26.7 Å². The van der Waals surface area contributed by atoms with Gasteiger partial charge in [0.1, 0.15) is 4.34 Å². The van der Waals surface area contributed by atoms with Gasteiger partial charge in [-0.25, -0.2) is 4.68 Å². The highest BCUT2D eigenvalue weighted by molar-refractivity contribution is 9.10. The Morgan fingerprint density at radius 3 is 2.90 bits per heavy atom. The molecule has 0 fully saturated rings. The van der Waals surface area contributed by atoms with Crippen LogP contribution in [-0.2, 0) is 6.54 Å². The normalized spacial score (nSPS) is 10.7. The Kier molecular flexibility index (Phi) is 4.10. The molecule has 0 aliphatic heterocycles. The van der Waals surface area contributed by atoms with E-state index in [1.54, 1.807) is 17.5 Å². The minimum Gasteiger partial charge on any atom is -0.380 e. The van der Waals surface area contributed by atoms with Crippen LogP contribution in [0.25, 0.3) is 5.69 Å². The van der Waals surface area contributed by atoms with Crippen LogP contribution in [0.15, 0.2) is 53.3 Å². The SMILES string of the molecule is Clc1sc(CNc2cccc(-n3cccn3)c2)cc1Br. The number of hydrogen-bond donors (Lipinski definition) is 1. The molecule has 2 heterocycles. The van der Waals surface area contributed by atoms with Gasteiger partial charge in [-0.15, -0.1) is 11.3 Å². The van der Waals surface area contributed by atoms with Crippen molar-refractivity contribution in [2.24, 2.45) is 0 Å². The van der Waals surface area contributed by atoms with Gasteiger partial charge in [-0.3, -0.25) is 0 Å². The fourth-order valence-electron chi connectivity index (χ4n) is 1.85. The molecule has 2 aromatic heterocycles. The smallest absolute Gasteiger partial charge is 0.107 e. The summed E-state index contributed by atoms with van der Waals surface area (Å²) in [5.74, 6) is 0. The lowest BCUT2D eigenvalue weighted by Gasteiger charge is -2.07. The predicted octanol–water partition coefficient (Wildman–Crippen LogP) is 4.96. The zero-order chi connectivity index (χ0) is 13.9. The molecule has 0 spiro atoms. The van der Waals surface area contributed by atoms with E-state index in [4.69, 9.17) is 11.6 Å². The number of halogens is 2. The van der Waals surface area contributed by atoms with Crippen molar-refractivity contribution in [3.05, 3.63) is 62.5 Å². The van der Waals surface area contributed by atoms with Gasteiger partial charge in [-0.1, -0.05) is 17.7 Å². The number of nitrogens with one attached hydrogen (secondary N) is 1. The molecule has 0 bridgehead atoms. The number of hydrogen-bond acceptors (Lipinski definition) is 3. The largest absolute Gasteiger partial charge is 0.380 e. The van der Waals surface area contributed by atoms with E-state index >= 15 is 0 Å². The number of anilines is 1. The number of nitrogens with zero attached hydrogens (tertiary/aromatic N) is 2. The van der Waals surface area contributed by atoms with E-state index in [-0.39, 0.29) is 0 Å². The first kappa shape index (κ1) is 13.7. The molecule has 0 saturated carbocycles. The fraction of sp³-hybridized carbons (Fsp3) is 0.0714. The van der Waals surface area contributed by atoms with Gasteiger partial charge in [0, 0.05) is 34.0 Å². The molecule has 0 unspecified atom stereocenters. The zero-order valence-corrected chi connectivity index (χ0v) is 13.5. The zero-order valence-electron chi connectivity index (χ0n) is 10.4. The monoisotopic (exact) mass is 367 g/mol. The van der Waals surface area contributed by atoms with Crippen LogP contribution in [0.4, 0.5) is 5.69 Å². The van der Waals surface area contributed by atoms with Crippen molar-refractivity contribution >= 4 is 44.6 Å². The van der Waals surface area contributed by atoms with Gasteiger partial charge in [0.25, 0.3) is 0 Å². The van der Waals surface area contributed by atoms with Crippen LogP contribution in [0.2, 0.25) is 4.34 Å². The highest BCUT2D eigenvalue weighted by Gasteiger charge is 2.04. The number of thiophene rings is 1. The summed E-state index contributed by atoms with van der Waals surface area (Å²) in [5, 5.41) is 7.62. The van der Waals surface area contributed by atoms with Gasteiger partial charge in [-0.2, -0.15) is 5.10 Å². The molecule has 0 aliphatic carbocycles. The third kappa shape index (κ3) is 3.06. The molecule has 0 saturated heterocycles. The van der Waals surface area contributed by atoms with Crippen molar-refractivity contribution in [2.75, 3.05) is 5.32 Å². The summed E-state index contributed by atoms with van der Waals surface area (Å²) in [4.78, 5) is 1.19. The summed E-state index contributed by atoms with van der Waals surface area (Å²) in [5.41, 5.74) is 2.09. The highest BCUT2D eigenvalue weighted by Crippen LogP contribution is 2.32. The molecular formula is C14H11BrClN3S. The maximum atomic E-state index is 6.04. The summed E-state index contributed by atoms with van der Waals surface area (Å²) >= 11 is 11.0. The van der Waals surface area contributed by atoms with Crippen LogP contribution in [0.5, 0.6) is 0 Å². The maximum Gasteiger partial charge on any atom is 0.107 e. The molecule has 0 amide bonds. The molecule has 6 heteroatoms. The van der Waals surface area contributed by atoms with Crippen molar-refractivity contribution in [1.82, 2.24) is 9.78 Å². The Morgan fingerprint density at radius 2 is 2.20 bits per heavy atom. The van der Waals surface area contributed by atoms with Crippen molar-refractivity contribution in [3.8, 4) is 5.69 Å². The van der Waals surface area contributed by atoms with E-state index in [1.165, 1.54) is 4.88 Å². The standard InChI is InChI=1S/C14H11BrClN3S/c15-13-8-12(20-14(13)16)9-17-10-3-1-4-11(7-10)19-6-2-5-18-19/h1-8,17H,9H2. The lowest BCUT2D eigenvalue weighted by molar-refractivity contribution is 0.880. The predicted molar refractivity (Wildman–Crippen MR) is 87.9 cm³/mol. The van der Waals surface area contributed by atoms with Gasteiger partial charge in [0.15, 0.2) is 0 Å². The number of aromatic nitrogens is 2. The van der Waals surface area contributed by atoms with Crippen LogP contribution in [0.3, 0.4) is 0 Å². The third-order valence-electron chi connectivity index (χ3n) is 2.78. The van der Waals surface area contributed by atoms with Crippen LogP contribution in [0, 0.1) is 0 Å². The summed E-state index contributed by atoms with van der Waals surface area (Å²) in [6, 6.07) is 12.1. The molecule has 1 N–H and O–H groups in total. The summed E-state index contributed by atoms with van der Waals surface area (Å²) in [6.45, 7) is 0.749. The van der Waals surface area contributed by atoms with Crippen molar-refractivity contribution < 1.29 is 0 Å². The van der Waals surface area contributed by atoms with E-state index in [2.05, 4.69) is 32.4 Å². The summed E-state index contributed by atoms with van der Waals surface area (Å²) in [7, 11) is 0. The van der Waals surface area contributed by atoms with Crippen LogP contribution >= 0.6 is 38.9 Å². The van der Waals surface area contributed by atoms with Gasteiger partial charge in [0.05, 0.1) is 5.69 Å². The lowest BCUT2D eigenvalue weighted by Crippen LogP contribution is -1.99. The second kappa shape index (κ2) is 5.99. The Balaban J connectivity index is 1.73. The molecule has 1 aromatic carbocycles. The third-order valence-corrected chi connectivity index (χ3v) is 5.25. The van der Waals surface area contributed by atoms with Crippen molar-refractivity contribution in [1.29, 1.82) is 0 Å². The quantitative estimate of drug-likeness (QED) is 0.705. The summed E-state index contributed by atoms with van der Waals surface area (Å²) < 4.78 is 3.57. The maximum absolute atomic E-state index is 6.04. The Hall–Kier alpha value is -1.30. The molecule has 0 radical (unpaired) electrons. The molecular weight excluding hydrogens is 358 g/mol. The number of rotatable bonds is 4. The average molecular weight is 369 g/mol. The molecule has 3 rings (SSSR count). The molecule has 0 aliphatic rings. The van der Waals surface area contributed by atoms with Gasteiger partial charge >= 0.3 is 0 Å². The van der Waals surface area contributed by atoms with Crippen molar-refractivity contribution in [2.45, 2.75) is 6.54 Å². The topological polar surface area (TPSA) is 29.9 Å². The van der Waals surface area contributed by atoms with E-state index < -0.39 is 0 Å². The highest BCUT2D eigenvalue weighted by atomic mass is 79.9. The number of benzene rings is 1. The van der Waals surface area contributed by atoms with E-state index in [1.807, 2.05) is 41.2 Å². The first-order valence-corrected chi connectivity index (χ1v) is 7.99. The van der Waals surface area contributed by atoms with Crippen molar-refractivity contribution in [3.63, 3.8) is 0 Å². The second-order valence-electron chi connectivity index (χ2n) is 4.19. The molecule has 3 nitrogen and oxygen atoms in total. The van der Waals surface area contributed by atoms with Crippen LogP contribution < -0.4 is 5.32 Å². The molecule has 0 atom stereocenters. The summed E-state index contributed by atoms with van der Waals surface area (Å²) in [6.07, 6.45) is 3.69. The molecule has 20 heavy (non-hydrogen) atoms. The lowest BCUT2D eigenvalue weighted by atomic mass is 10.2. The Morgan fingerprint density at radius 1 is 1.30 bits per heavy atom. The van der Waals surface area contributed by atoms with E-state index in [0.29, 0.717) is 0 Å².